The number of nitrogens with zero attached hydrogens (tertiary/aromatic N) is 4. The molecular formula is C18H15ClN4O4. The van der Waals surface area contributed by atoms with E-state index in [2.05, 4.69) is 15.2 Å². The minimum Gasteiger partial charge on any atom is -0.464 e. The Hall–Kier alpha value is -3.39. The zero-order valence-electron chi connectivity index (χ0n) is 14.5. The van der Waals surface area contributed by atoms with Crippen LogP contribution in [0.2, 0.25) is 5.02 Å². The zero-order valence-corrected chi connectivity index (χ0v) is 15.3. The Morgan fingerprint density at radius 1 is 1.15 bits per heavy atom. The van der Waals surface area contributed by atoms with Crippen LogP contribution in [-0.4, -0.2) is 40.7 Å². The number of hydrogen-bond acceptors (Lipinski definition) is 7. The second-order valence-electron chi connectivity index (χ2n) is 5.15. The van der Waals surface area contributed by atoms with Gasteiger partial charge in [0.15, 0.2) is 5.71 Å². The Kier molecular flexibility index (Phi) is 5.68. The maximum absolute atomic E-state index is 12.0. The SMILES string of the molecule is CON=C(C(=O)OC)c1cccnc1Oc1ccn(-c2ccc(Cl)cc2)n1. The molecule has 0 saturated carbocycles. The van der Waals surface area contributed by atoms with Crippen molar-refractivity contribution in [2.24, 2.45) is 5.16 Å². The highest BCUT2D eigenvalue weighted by molar-refractivity contribution is 6.43. The quantitative estimate of drug-likeness (QED) is 0.367. The van der Waals surface area contributed by atoms with Crippen LogP contribution >= 0.6 is 11.6 Å². The van der Waals surface area contributed by atoms with Crippen LogP contribution in [0.4, 0.5) is 0 Å². The second-order valence-corrected chi connectivity index (χ2v) is 5.58. The third-order valence-electron chi connectivity index (χ3n) is 3.44. The van der Waals surface area contributed by atoms with Crippen molar-refractivity contribution >= 4 is 23.3 Å². The molecule has 9 heteroatoms. The van der Waals surface area contributed by atoms with Crippen molar-refractivity contribution in [3.8, 4) is 17.4 Å². The molecule has 0 aliphatic heterocycles. The van der Waals surface area contributed by atoms with E-state index in [0.29, 0.717) is 10.6 Å². The summed E-state index contributed by atoms with van der Waals surface area (Å²) in [5.74, 6) is -0.256. The number of pyridine rings is 1. The smallest absolute Gasteiger partial charge is 0.360 e. The molecule has 0 radical (unpaired) electrons. The number of rotatable bonds is 6. The van der Waals surface area contributed by atoms with Gasteiger partial charge in [-0.15, -0.1) is 5.10 Å². The summed E-state index contributed by atoms with van der Waals surface area (Å²) < 4.78 is 12.1. The first-order chi connectivity index (χ1) is 13.1. The topological polar surface area (TPSA) is 87.8 Å². The number of benzene rings is 1. The van der Waals surface area contributed by atoms with Crippen LogP contribution in [0, 0.1) is 0 Å². The Morgan fingerprint density at radius 2 is 1.93 bits per heavy atom. The van der Waals surface area contributed by atoms with Crippen LogP contribution in [0.25, 0.3) is 5.69 Å². The predicted molar refractivity (Wildman–Crippen MR) is 98.4 cm³/mol. The van der Waals surface area contributed by atoms with Gasteiger partial charge in [-0.2, -0.15) is 0 Å². The van der Waals surface area contributed by atoms with Gasteiger partial charge < -0.3 is 14.3 Å². The first-order valence-electron chi connectivity index (χ1n) is 7.76. The Morgan fingerprint density at radius 3 is 2.63 bits per heavy atom. The summed E-state index contributed by atoms with van der Waals surface area (Å²) in [6.07, 6.45) is 3.25. The highest BCUT2D eigenvalue weighted by Crippen LogP contribution is 2.23. The van der Waals surface area contributed by atoms with Crippen molar-refractivity contribution in [1.29, 1.82) is 0 Å². The number of ether oxygens (including phenoxy) is 2. The molecule has 0 N–H and O–H groups in total. The molecule has 1 aromatic carbocycles. The van der Waals surface area contributed by atoms with Gasteiger partial charge >= 0.3 is 5.97 Å². The molecule has 0 amide bonds. The lowest BCUT2D eigenvalue weighted by molar-refractivity contribution is -0.132. The van der Waals surface area contributed by atoms with E-state index < -0.39 is 5.97 Å². The fraction of sp³-hybridized carbons (Fsp3) is 0.111. The second kappa shape index (κ2) is 8.33. The molecule has 3 rings (SSSR count). The lowest BCUT2D eigenvalue weighted by Crippen LogP contribution is -2.18. The van der Waals surface area contributed by atoms with Gasteiger partial charge in [0.2, 0.25) is 11.8 Å². The van der Waals surface area contributed by atoms with E-state index >= 15 is 0 Å². The number of methoxy groups -OCH3 is 1. The van der Waals surface area contributed by atoms with Gasteiger partial charge in [-0.3, -0.25) is 0 Å². The average Bonchev–Trinajstić information content (AvgIpc) is 3.15. The van der Waals surface area contributed by atoms with Crippen LogP contribution in [0.5, 0.6) is 11.8 Å². The maximum atomic E-state index is 12.0. The van der Waals surface area contributed by atoms with E-state index in [9.17, 15) is 4.79 Å². The van der Waals surface area contributed by atoms with Crippen molar-refractivity contribution in [3.05, 3.63) is 65.4 Å². The number of esters is 1. The fourth-order valence-corrected chi connectivity index (χ4v) is 2.36. The summed E-state index contributed by atoms with van der Waals surface area (Å²) in [6, 6.07) is 12.1. The molecule has 0 bridgehead atoms. The lowest BCUT2D eigenvalue weighted by atomic mass is 10.1. The Bertz CT molecular complexity index is 970. The van der Waals surface area contributed by atoms with E-state index in [4.69, 9.17) is 25.9 Å². The summed E-state index contributed by atoms with van der Waals surface area (Å²) in [5.41, 5.74) is 1.05. The van der Waals surface area contributed by atoms with Crippen molar-refractivity contribution in [3.63, 3.8) is 0 Å². The van der Waals surface area contributed by atoms with E-state index in [1.807, 2.05) is 12.1 Å². The first kappa shape index (κ1) is 18.4. The zero-order chi connectivity index (χ0) is 19.2. The highest BCUT2D eigenvalue weighted by Gasteiger charge is 2.22. The minimum atomic E-state index is -0.679. The molecule has 3 aromatic rings. The summed E-state index contributed by atoms with van der Waals surface area (Å²) in [7, 11) is 2.58. The molecule has 8 nitrogen and oxygen atoms in total. The van der Waals surface area contributed by atoms with E-state index in [0.717, 1.165) is 5.69 Å². The summed E-state index contributed by atoms with van der Waals surface area (Å²) in [6.45, 7) is 0. The largest absolute Gasteiger partial charge is 0.464 e. The number of aromatic nitrogens is 3. The van der Waals surface area contributed by atoms with Gasteiger partial charge in [0.25, 0.3) is 0 Å². The van der Waals surface area contributed by atoms with Crippen LogP contribution in [0.15, 0.2) is 60.0 Å². The van der Waals surface area contributed by atoms with E-state index in [1.54, 1.807) is 41.2 Å². The summed E-state index contributed by atoms with van der Waals surface area (Å²) in [4.78, 5) is 20.9. The van der Waals surface area contributed by atoms with Crippen LogP contribution < -0.4 is 4.74 Å². The van der Waals surface area contributed by atoms with Crippen molar-refractivity contribution in [1.82, 2.24) is 14.8 Å². The van der Waals surface area contributed by atoms with Gasteiger partial charge in [-0.25, -0.2) is 14.5 Å². The lowest BCUT2D eigenvalue weighted by Gasteiger charge is -2.08. The van der Waals surface area contributed by atoms with Crippen molar-refractivity contribution < 1.29 is 19.1 Å². The van der Waals surface area contributed by atoms with E-state index in [-0.39, 0.29) is 17.5 Å². The molecule has 0 saturated heterocycles. The standard InChI is InChI=1S/C18H15ClN4O4/c1-25-18(24)16(22-26-2)14-4-3-10-20-17(14)27-15-9-11-23(21-15)13-7-5-12(19)6-8-13/h3-11H,1-2H3. The number of carbonyl (C=O) groups is 1. The molecule has 27 heavy (non-hydrogen) atoms. The molecule has 2 heterocycles. The summed E-state index contributed by atoms with van der Waals surface area (Å²) >= 11 is 5.90. The maximum Gasteiger partial charge on any atom is 0.360 e. The third-order valence-corrected chi connectivity index (χ3v) is 3.70. The highest BCUT2D eigenvalue weighted by atomic mass is 35.5. The predicted octanol–water partition coefficient (Wildman–Crippen LogP) is 3.24. The van der Waals surface area contributed by atoms with Gasteiger partial charge in [-0.1, -0.05) is 16.8 Å². The van der Waals surface area contributed by atoms with Crippen molar-refractivity contribution in [2.45, 2.75) is 0 Å². The molecule has 2 aromatic heterocycles. The number of carbonyl (C=O) groups excluding carboxylic acids is 1. The molecule has 0 fully saturated rings. The first-order valence-corrected chi connectivity index (χ1v) is 8.14. The van der Waals surface area contributed by atoms with Gasteiger partial charge in [0, 0.05) is 23.5 Å². The Balaban J connectivity index is 1.90. The van der Waals surface area contributed by atoms with Crippen LogP contribution in [0.3, 0.4) is 0 Å². The summed E-state index contributed by atoms with van der Waals surface area (Å²) in [5, 5.41) is 8.69. The van der Waals surface area contributed by atoms with Crippen LogP contribution in [-0.2, 0) is 14.4 Å². The molecule has 0 aliphatic carbocycles. The number of halogens is 1. The van der Waals surface area contributed by atoms with Gasteiger partial charge in [0.05, 0.1) is 18.4 Å². The van der Waals surface area contributed by atoms with Gasteiger partial charge in [0.1, 0.15) is 7.11 Å². The molecule has 0 spiro atoms. The van der Waals surface area contributed by atoms with Gasteiger partial charge in [-0.05, 0) is 36.4 Å². The normalized spacial score (nSPS) is 11.1. The molecule has 0 unspecified atom stereocenters. The van der Waals surface area contributed by atoms with Crippen molar-refractivity contribution in [2.75, 3.05) is 14.2 Å². The van der Waals surface area contributed by atoms with E-state index in [1.165, 1.54) is 20.4 Å². The molecule has 0 aliphatic rings. The minimum absolute atomic E-state index is 0.0692. The molecule has 0 atom stereocenters. The van der Waals surface area contributed by atoms with Crippen LogP contribution in [0.1, 0.15) is 5.56 Å². The third kappa shape index (κ3) is 4.24. The monoisotopic (exact) mass is 386 g/mol. The molecule has 138 valence electrons. The molecular weight excluding hydrogens is 372 g/mol. The average molecular weight is 387 g/mol. The Labute approximate surface area is 159 Å². The number of hydrogen-bond donors (Lipinski definition) is 0. The fourth-order valence-electron chi connectivity index (χ4n) is 2.24. The number of oxime groups is 1.